The first-order valence-corrected chi connectivity index (χ1v) is 7.22. The van der Waals surface area contributed by atoms with Crippen LogP contribution in [0.4, 0.5) is 0 Å². The van der Waals surface area contributed by atoms with E-state index in [0.717, 1.165) is 49.5 Å². The van der Waals surface area contributed by atoms with Crippen LogP contribution in [0.2, 0.25) is 0 Å². The quantitative estimate of drug-likeness (QED) is 0.630. The average Bonchev–Trinajstić information content (AvgIpc) is 2.52. The molecule has 0 aliphatic rings. The van der Waals surface area contributed by atoms with Gasteiger partial charge < -0.3 is 19.3 Å². The van der Waals surface area contributed by atoms with Crippen LogP contribution < -0.4 is 4.74 Å². The molecular formula is C16H27NO4. The van der Waals surface area contributed by atoms with E-state index in [2.05, 4.69) is 4.90 Å². The standard InChI is InChI=1S/C16H27NO4/c1-19-9-4-7-17(8-10-20-2)12-15-11-14(13-18)5-6-16(15)21-3/h5-6,11,18H,4,7-10,12-13H2,1-3H3. The zero-order valence-corrected chi connectivity index (χ0v) is 13.3. The van der Waals surface area contributed by atoms with Crippen LogP contribution in [0.3, 0.4) is 0 Å². The number of ether oxygens (including phenoxy) is 3. The monoisotopic (exact) mass is 297 g/mol. The maximum absolute atomic E-state index is 9.28. The molecule has 0 heterocycles. The van der Waals surface area contributed by atoms with Crippen molar-refractivity contribution in [3.8, 4) is 5.75 Å². The second-order valence-electron chi connectivity index (χ2n) is 4.92. The summed E-state index contributed by atoms with van der Waals surface area (Å²) in [5.41, 5.74) is 1.98. The van der Waals surface area contributed by atoms with E-state index in [1.54, 1.807) is 21.3 Å². The molecule has 0 radical (unpaired) electrons. The lowest BCUT2D eigenvalue weighted by molar-refractivity contribution is 0.128. The van der Waals surface area contributed by atoms with Gasteiger partial charge in [0.1, 0.15) is 5.75 Å². The van der Waals surface area contributed by atoms with Gasteiger partial charge in [-0.1, -0.05) is 6.07 Å². The van der Waals surface area contributed by atoms with Crippen molar-refractivity contribution in [1.29, 1.82) is 0 Å². The lowest BCUT2D eigenvalue weighted by Gasteiger charge is -2.23. The summed E-state index contributed by atoms with van der Waals surface area (Å²) in [4.78, 5) is 2.31. The number of methoxy groups -OCH3 is 3. The SMILES string of the molecule is COCCCN(CCOC)Cc1cc(CO)ccc1OC. The van der Waals surface area contributed by atoms with E-state index >= 15 is 0 Å². The second-order valence-corrected chi connectivity index (χ2v) is 4.92. The lowest BCUT2D eigenvalue weighted by atomic mass is 10.1. The highest BCUT2D eigenvalue weighted by molar-refractivity contribution is 5.37. The van der Waals surface area contributed by atoms with Crippen LogP contribution in [0.5, 0.6) is 5.75 Å². The molecular weight excluding hydrogens is 270 g/mol. The van der Waals surface area contributed by atoms with Gasteiger partial charge in [-0.15, -0.1) is 0 Å². The van der Waals surface area contributed by atoms with Gasteiger partial charge in [0.05, 0.1) is 20.3 Å². The van der Waals surface area contributed by atoms with E-state index in [-0.39, 0.29) is 6.61 Å². The van der Waals surface area contributed by atoms with Gasteiger partial charge in [0.25, 0.3) is 0 Å². The molecule has 1 N–H and O–H groups in total. The molecule has 21 heavy (non-hydrogen) atoms. The highest BCUT2D eigenvalue weighted by Gasteiger charge is 2.10. The largest absolute Gasteiger partial charge is 0.496 e. The summed E-state index contributed by atoms with van der Waals surface area (Å²) in [7, 11) is 5.09. The predicted octanol–water partition coefficient (Wildman–Crippen LogP) is 1.67. The molecule has 0 bridgehead atoms. The summed E-state index contributed by atoms with van der Waals surface area (Å²) in [5, 5.41) is 9.28. The van der Waals surface area contributed by atoms with Crippen molar-refractivity contribution >= 4 is 0 Å². The molecule has 0 fully saturated rings. The Morgan fingerprint density at radius 1 is 1.05 bits per heavy atom. The summed E-state index contributed by atoms with van der Waals surface area (Å²) in [6, 6.07) is 5.78. The third kappa shape index (κ3) is 6.44. The maximum Gasteiger partial charge on any atom is 0.123 e. The number of rotatable bonds is 11. The lowest BCUT2D eigenvalue weighted by Crippen LogP contribution is -2.29. The molecule has 0 saturated carbocycles. The molecule has 120 valence electrons. The Kier molecular flexibility index (Phi) is 9.01. The Hall–Kier alpha value is -1.14. The molecule has 1 aromatic rings. The fraction of sp³-hybridized carbons (Fsp3) is 0.625. The molecule has 0 atom stereocenters. The highest BCUT2D eigenvalue weighted by atomic mass is 16.5. The summed E-state index contributed by atoms with van der Waals surface area (Å²) in [6.45, 7) is 4.03. The van der Waals surface area contributed by atoms with E-state index in [4.69, 9.17) is 14.2 Å². The molecule has 0 aliphatic carbocycles. The van der Waals surface area contributed by atoms with Crippen molar-refractivity contribution in [1.82, 2.24) is 4.90 Å². The Labute approximate surface area is 127 Å². The summed E-state index contributed by atoms with van der Waals surface area (Å²) >= 11 is 0. The average molecular weight is 297 g/mol. The zero-order valence-electron chi connectivity index (χ0n) is 13.3. The van der Waals surface area contributed by atoms with Crippen molar-refractivity contribution < 1.29 is 19.3 Å². The van der Waals surface area contributed by atoms with E-state index in [0.29, 0.717) is 6.61 Å². The van der Waals surface area contributed by atoms with Crippen molar-refractivity contribution in [2.24, 2.45) is 0 Å². The van der Waals surface area contributed by atoms with Crippen LogP contribution in [0.15, 0.2) is 18.2 Å². The smallest absolute Gasteiger partial charge is 0.123 e. The van der Waals surface area contributed by atoms with Gasteiger partial charge in [-0.25, -0.2) is 0 Å². The van der Waals surface area contributed by atoms with Gasteiger partial charge in [0.2, 0.25) is 0 Å². The zero-order chi connectivity index (χ0) is 15.5. The van der Waals surface area contributed by atoms with E-state index < -0.39 is 0 Å². The number of aliphatic hydroxyl groups excluding tert-OH is 1. The molecule has 0 aromatic heterocycles. The minimum Gasteiger partial charge on any atom is -0.496 e. The van der Waals surface area contributed by atoms with E-state index in [1.165, 1.54) is 0 Å². The number of aliphatic hydroxyl groups is 1. The van der Waals surface area contributed by atoms with Gasteiger partial charge in [0.15, 0.2) is 0 Å². The fourth-order valence-corrected chi connectivity index (χ4v) is 2.22. The highest BCUT2D eigenvalue weighted by Crippen LogP contribution is 2.22. The normalized spacial score (nSPS) is 11.1. The minimum atomic E-state index is 0.0404. The number of hydrogen-bond acceptors (Lipinski definition) is 5. The molecule has 1 rings (SSSR count). The third-order valence-electron chi connectivity index (χ3n) is 3.36. The van der Waals surface area contributed by atoms with Crippen LogP contribution >= 0.6 is 0 Å². The molecule has 0 saturated heterocycles. The summed E-state index contributed by atoms with van der Waals surface area (Å²) in [6.07, 6.45) is 0.974. The van der Waals surface area contributed by atoms with Gasteiger partial charge in [-0.05, 0) is 24.1 Å². The molecule has 0 spiro atoms. The van der Waals surface area contributed by atoms with Crippen molar-refractivity contribution in [3.05, 3.63) is 29.3 Å². The van der Waals surface area contributed by atoms with Crippen molar-refractivity contribution in [3.63, 3.8) is 0 Å². The number of benzene rings is 1. The van der Waals surface area contributed by atoms with E-state index in [9.17, 15) is 5.11 Å². The Morgan fingerprint density at radius 3 is 2.43 bits per heavy atom. The molecule has 0 unspecified atom stereocenters. The number of hydrogen-bond donors (Lipinski definition) is 1. The summed E-state index contributed by atoms with van der Waals surface area (Å²) in [5.74, 6) is 0.848. The van der Waals surface area contributed by atoms with Crippen molar-refractivity contribution in [2.75, 3.05) is 47.6 Å². The topological polar surface area (TPSA) is 51.2 Å². The fourth-order valence-electron chi connectivity index (χ4n) is 2.22. The van der Waals surface area contributed by atoms with Gasteiger partial charge in [-0.3, -0.25) is 4.90 Å². The van der Waals surface area contributed by atoms with Crippen LogP contribution in [0, 0.1) is 0 Å². The van der Waals surface area contributed by atoms with Gasteiger partial charge >= 0.3 is 0 Å². The third-order valence-corrected chi connectivity index (χ3v) is 3.36. The first-order chi connectivity index (χ1) is 10.2. The van der Waals surface area contributed by atoms with Crippen LogP contribution in [-0.2, 0) is 22.6 Å². The Balaban J connectivity index is 2.74. The Bertz CT molecular complexity index is 398. The maximum atomic E-state index is 9.28. The van der Waals surface area contributed by atoms with Gasteiger partial charge in [0, 0.05) is 46.0 Å². The Morgan fingerprint density at radius 2 is 1.81 bits per heavy atom. The van der Waals surface area contributed by atoms with Crippen LogP contribution in [0.25, 0.3) is 0 Å². The van der Waals surface area contributed by atoms with Crippen LogP contribution in [-0.4, -0.2) is 57.6 Å². The number of nitrogens with zero attached hydrogens (tertiary/aromatic N) is 1. The summed E-state index contributed by atoms with van der Waals surface area (Å²) < 4.78 is 15.7. The molecule has 0 aliphatic heterocycles. The molecule has 0 amide bonds. The minimum absolute atomic E-state index is 0.0404. The predicted molar refractivity (Wildman–Crippen MR) is 82.6 cm³/mol. The van der Waals surface area contributed by atoms with Crippen LogP contribution in [0.1, 0.15) is 17.5 Å². The van der Waals surface area contributed by atoms with Gasteiger partial charge in [-0.2, -0.15) is 0 Å². The first kappa shape index (κ1) is 17.9. The molecule has 5 nitrogen and oxygen atoms in total. The van der Waals surface area contributed by atoms with E-state index in [1.807, 2.05) is 18.2 Å². The molecule has 5 heteroatoms. The second kappa shape index (κ2) is 10.6. The first-order valence-electron chi connectivity index (χ1n) is 7.22. The van der Waals surface area contributed by atoms with Crippen molar-refractivity contribution in [2.45, 2.75) is 19.6 Å². The molecule has 1 aromatic carbocycles.